The van der Waals surface area contributed by atoms with Crippen LogP contribution in [0.5, 0.6) is 0 Å². The van der Waals surface area contributed by atoms with Crippen molar-refractivity contribution in [2.45, 2.75) is 52.6 Å². The van der Waals surface area contributed by atoms with E-state index >= 15 is 4.39 Å². The van der Waals surface area contributed by atoms with E-state index in [2.05, 4.69) is 13.0 Å². The predicted octanol–water partition coefficient (Wildman–Crippen LogP) is 3.91. The van der Waals surface area contributed by atoms with Gasteiger partial charge in [0, 0.05) is 18.3 Å². The summed E-state index contributed by atoms with van der Waals surface area (Å²) in [5.74, 6) is -0.494. The highest BCUT2D eigenvalue weighted by Gasteiger charge is 2.58. The molecule has 0 spiro atoms. The average molecular weight is 386 g/mol. The van der Waals surface area contributed by atoms with E-state index in [1.807, 2.05) is 13.0 Å². The Labute approximate surface area is 164 Å². The van der Waals surface area contributed by atoms with Crippen LogP contribution in [-0.2, 0) is 19.1 Å². The predicted molar refractivity (Wildman–Crippen MR) is 102 cm³/mol. The van der Waals surface area contributed by atoms with Gasteiger partial charge in [-0.05, 0) is 67.6 Å². The number of hydrogen-bond donors (Lipinski definition) is 0. The quantitative estimate of drug-likeness (QED) is 0.545. The van der Waals surface area contributed by atoms with Crippen molar-refractivity contribution in [2.24, 2.45) is 28.6 Å². The number of halogens is 1. The standard InChI is InChI=1S/C23H27FO4/c1-13(25)28-12-21(27)18-5-4-16-15-11-20(24)19-10-14(26)6-8-23(19,3)17(15)7-9-22(16,18)2/h6-8,10,15-16,18,20H,4-5,9,11-12H2,1-3H3/t15?,16?,18-,20?,22+,23-/m1/s1. The molecule has 5 heteroatoms. The van der Waals surface area contributed by atoms with Gasteiger partial charge in [-0.1, -0.05) is 24.6 Å². The van der Waals surface area contributed by atoms with Crippen molar-refractivity contribution in [3.8, 4) is 0 Å². The third-order valence-corrected chi connectivity index (χ3v) is 7.74. The first-order chi connectivity index (χ1) is 13.2. The first-order valence-corrected chi connectivity index (χ1v) is 10.1. The van der Waals surface area contributed by atoms with Gasteiger partial charge >= 0.3 is 5.97 Å². The topological polar surface area (TPSA) is 60.4 Å². The van der Waals surface area contributed by atoms with Crippen LogP contribution in [0.25, 0.3) is 0 Å². The summed E-state index contributed by atoms with van der Waals surface area (Å²) >= 11 is 0. The molecule has 0 saturated heterocycles. The average Bonchev–Trinajstić information content (AvgIpc) is 2.99. The van der Waals surface area contributed by atoms with Gasteiger partial charge in [0.2, 0.25) is 0 Å². The highest BCUT2D eigenvalue weighted by molar-refractivity contribution is 6.01. The Morgan fingerprint density at radius 3 is 2.71 bits per heavy atom. The Morgan fingerprint density at radius 1 is 1.25 bits per heavy atom. The molecule has 0 aromatic heterocycles. The molecule has 4 aliphatic carbocycles. The molecule has 4 aliphatic rings. The molecule has 4 nitrogen and oxygen atoms in total. The zero-order valence-electron chi connectivity index (χ0n) is 16.7. The molecular formula is C23H27FO4. The minimum absolute atomic E-state index is 0.0281. The number of allylic oxidation sites excluding steroid dienone is 6. The number of Topliss-reactive ketones (excluding diaryl/α,β-unsaturated/α-hetero) is 1. The fourth-order valence-electron chi connectivity index (χ4n) is 6.33. The number of fused-ring (bicyclic) bond motifs is 5. The molecule has 0 aliphatic heterocycles. The third-order valence-electron chi connectivity index (χ3n) is 7.74. The van der Waals surface area contributed by atoms with E-state index < -0.39 is 17.6 Å². The van der Waals surface area contributed by atoms with Gasteiger partial charge in [0.25, 0.3) is 0 Å². The van der Waals surface area contributed by atoms with Crippen LogP contribution in [-0.4, -0.2) is 30.3 Å². The fourth-order valence-corrected chi connectivity index (χ4v) is 6.33. The molecule has 0 heterocycles. The number of carbonyl (C=O) groups excluding carboxylic acids is 3. The molecule has 28 heavy (non-hydrogen) atoms. The van der Waals surface area contributed by atoms with Crippen molar-refractivity contribution in [3.05, 3.63) is 35.5 Å². The van der Waals surface area contributed by atoms with Crippen LogP contribution >= 0.6 is 0 Å². The smallest absolute Gasteiger partial charge is 0.303 e. The Hall–Kier alpha value is -2.04. The molecule has 0 amide bonds. The maximum Gasteiger partial charge on any atom is 0.303 e. The maximum absolute atomic E-state index is 15.1. The highest BCUT2D eigenvalue weighted by Crippen LogP contribution is 2.64. The van der Waals surface area contributed by atoms with E-state index in [0.29, 0.717) is 12.0 Å². The summed E-state index contributed by atoms with van der Waals surface area (Å²) in [5, 5.41) is 0. The molecular weight excluding hydrogens is 359 g/mol. The lowest BCUT2D eigenvalue weighted by molar-refractivity contribution is -0.148. The highest BCUT2D eigenvalue weighted by atomic mass is 19.1. The third kappa shape index (κ3) is 2.73. The van der Waals surface area contributed by atoms with Gasteiger partial charge in [-0.25, -0.2) is 4.39 Å². The van der Waals surface area contributed by atoms with E-state index in [-0.39, 0.29) is 41.3 Å². The number of hydrogen-bond acceptors (Lipinski definition) is 4. The summed E-state index contributed by atoms with van der Waals surface area (Å²) in [5.41, 5.74) is 0.993. The van der Waals surface area contributed by atoms with Gasteiger partial charge in [-0.2, -0.15) is 0 Å². The van der Waals surface area contributed by atoms with Crippen LogP contribution in [0.4, 0.5) is 4.39 Å². The number of esters is 1. The molecule has 0 radical (unpaired) electrons. The molecule has 2 fully saturated rings. The summed E-state index contributed by atoms with van der Waals surface area (Å²) < 4.78 is 20.1. The number of rotatable bonds is 3. The molecule has 0 aromatic rings. The second-order valence-electron chi connectivity index (χ2n) is 9.20. The Kier molecular flexibility index (Phi) is 4.48. The van der Waals surface area contributed by atoms with E-state index in [0.717, 1.165) is 19.3 Å². The van der Waals surface area contributed by atoms with Crippen LogP contribution in [0, 0.1) is 28.6 Å². The Balaban J connectivity index is 1.66. The molecule has 6 atom stereocenters. The van der Waals surface area contributed by atoms with Crippen molar-refractivity contribution in [2.75, 3.05) is 6.61 Å². The summed E-state index contributed by atoms with van der Waals surface area (Å²) in [4.78, 5) is 35.6. The molecule has 0 bridgehead atoms. The van der Waals surface area contributed by atoms with Gasteiger partial charge in [0.05, 0.1) is 0 Å². The van der Waals surface area contributed by atoms with Crippen molar-refractivity contribution in [3.63, 3.8) is 0 Å². The molecule has 2 saturated carbocycles. The molecule has 0 N–H and O–H groups in total. The zero-order valence-corrected chi connectivity index (χ0v) is 16.7. The van der Waals surface area contributed by atoms with E-state index in [1.165, 1.54) is 18.6 Å². The Morgan fingerprint density at radius 2 is 2.00 bits per heavy atom. The van der Waals surface area contributed by atoms with E-state index in [9.17, 15) is 14.4 Å². The maximum atomic E-state index is 15.1. The number of ether oxygens (including phenoxy) is 1. The number of ketones is 2. The first kappa shape index (κ1) is 19.3. The molecule has 0 aromatic carbocycles. The van der Waals surface area contributed by atoms with Gasteiger partial charge in [0.15, 0.2) is 11.6 Å². The Bertz CT molecular complexity index is 838. The SMILES string of the molecule is CC(=O)OCC(=O)[C@H]1CCC2C3CC(F)C4=CC(=O)C=C[C@]4(C)C3=CC[C@@]21C. The van der Waals surface area contributed by atoms with Crippen molar-refractivity contribution in [1.29, 1.82) is 0 Å². The summed E-state index contributed by atoms with van der Waals surface area (Å²) in [6, 6.07) is 0. The first-order valence-electron chi connectivity index (χ1n) is 10.1. The minimum Gasteiger partial charge on any atom is -0.458 e. The van der Waals surface area contributed by atoms with Gasteiger partial charge in [-0.15, -0.1) is 0 Å². The van der Waals surface area contributed by atoms with Crippen molar-refractivity contribution >= 4 is 17.5 Å². The van der Waals surface area contributed by atoms with E-state index in [4.69, 9.17) is 4.74 Å². The largest absolute Gasteiger partial charge is 0.458 e. The van der Waals surface area contributed by atoms with Crippen LogP contribution < -0.4 is 0 Å². The van der Waals surface area contributed by atoms with Gasteiger partial charge in [0.1, 0.15) is 12.8 Å². The van der Waals surface area contributed by atoms with Gasteiger partial charge < -0.3 is 4.74 Å². The summed E-state index contributed by atoms with van der Waals surface area (Å²) in [6.45, 7) is 5.27. The number of alkyl halides is 1. The molecule has 3 unspecified atom stereocenters. The lowest BCUT2D eigenvalue weighted by Crippen LogP contribution is -2.47. The van der Waals surface area contributed by atoms with Crippen LogP contribution in [0.15, 0.2) is 35.5 Å². The monoisotopic (exact) mass is 386 g/mol. The van der Waals surface area contributed by atoms with Gasteiger partial charge in [-0.3, -0.25) is 14.4 Å². The van der Waals surface area contributed by atoms with Crippen molar-refractivity contribution < 1.29 is 23.5 Å². The molecule has 4 rings (SSSR count). The van der Waals surface area contributed by atoms with Crippen LogP contribution in [0.1, 0.15) is 46.5 Å². The zero-order chi connectivity index (χ0) is 20.3. The summed E-state index contributed by atoms with van der Waals surface area (Å²) in [7, 11) is 0. The van der Waals surface area contributed by atoms with Crippen LogP contribution in [0.3, 0.4) is 0 Å². The van der Waals surface area contributed by atoms with E-state index in [1.54, 1.807) is 6.08 Å². The lowest BCUT2D eigenvalue weighted by Gasteiger charge is -2.53. The van der Waals surface area contributed by atoms with Crippen LogP contribution in [0.2, 0.25) is 0 Å². The number of carbonyl (C=O) groups is 3. The normalized spacial score (nSPS) is 41.4. The fraction of sp³-hybridized carbons (Fsp3) is 0.609. The van der Waals surface area contributed by atoms with Crippen molar-refractivity contribution in [1.82, 2.24) is 0 Å². The second kappa shape index (κ2) is 6.50. The minimum atomic E-state index is -1.14. The molecule has 150 valence electrons. The lowest BCUT2D eigenvalue weighted by atomic mass is 9.51. The second-order valence-corrected chi connectivity index (χ2v) is 9.20. The summed E-state index contributed by atoms with van der Waals surface area (Å²) in [6.07, 6.45) is 8.68.